The average molecular weight is 217 g/mol. The molecule has 2 rings (SSSR count). The van der Waals surface area contributed by atoms with Gasteiger partial charge < -0.3 is 5.11 Å². The fourth-order valence-electron chi connectivity index (χ4n) is 1.56. The van der Waals surface area contributed by atoms with Crippen molar-refractivity contribution in [3.05, 3.63) is 54.0 Å². The Morgan fingerprint density at radius 1 is 1.19 bits per heavy atom. The SMILES string of the molecule is OCCc1ccnc(-c2cccc(F)c2)c1. The van der Waals surface area contributed by atoms with Crippen LogP contribution in [-0.4, -0.2) is 16.7 Å². The maximum Gasteiger partial charge on any atom is 0.123 e. The molecule has 0 unspecified atom stereocenters. The van der Waals surface area contributed by atoms with Gasteiger partial charge in [-0.15, -0.1) is 0 Å². The Kier molecular flexibility index (Phi) is 3.27. The summed E-state index contributed by atoms with van der Waals surface area (Å²) in [6.07, 6.45) is 2.26. The Hall–Kier alpha value is -1.74. The summed E-state index contributed by atoms with van der Waals surface area (Å²) in [4.78, 5) is 4.18. The van der Waals surface area contributed by atoms with Crippen molar-refractivity contribution in [1.29, 1.82) is 0 Å². The Balaban J connectivity index is 2.36. The zero-order valence-corrected chi connectivity index (χ0v) is 8.73. The van der Waals surface area contributed by atoms with Crippen molar-refractivity contribution in [2.75, 3.05) is 6.61 Å². The fraction of sp³-hybridized carbons (Fsp3) is 0.154. The van der Waals surface area contributed by atoms with Gasteiger partial charge in [0.05, 0.1) is 5.69 Å². The molecular formula is C13H12FNO. The zero-order chi connectivity index (χ0) is 11.4. The lowest BCUT2D eigenvalue weighted by Gasteiger charge is -2.03. The lowest BCUT2D eigenvalue weighted by atomic mass is 10.1. The van der Waals surface area contributed by atoms with Gasteiger partial charge in [-0.3, -0.25) is 4.98 Å². The Labute approximate surface area is 93.4 Å². The average Bonchev–Trinajstić information content (AvgIpc) is 2.30. The summed E-state index contributed by atoms with van der Waals surface area (Å²) in [5.41, 5.74) is 2.47. The summed E-state index contributed by atoms with van der Waals surface area (Å²) in [5.74, 6) is -0.271. The summed E-state index contributed by atoms with van der Waals surface area (Å²) < 4.78 is 13.0. The number of aromatic nitrogens is 1. The first-order chi connectivity index (χ1) is 7.79. The predicted molar refractivity (Wildman–Crippen MR) is 60.4 cm³/mol. The van der Waals surface area contributed by atoms with E-state index in [0.29, 0.717) is 6.42 Å². The van der Waals surface area contributed by atoms with Crippen molar-refractivity contribution in [1.82, 2.24) is 4.98 Å². The van der Waals surface area contributed by atoms with E-state index in [2.05, 4.69) is 4.98 Å². The molecule has 0 bridgehead atoms. The third kappa shape index (κ3) is 2.44. The van der Waals surface area contributed by atoms with Crippen molar-refractivity contribution in [2.45, 2.75) is 6.42 Å². The molecule has 0 radical (unpaired) electrons. The van der Waals surface area contributed by atoms with Crippen LogP contribution in [0.2, 0.25) is 0 Å². The Morgan fingerprint density at radius 3 is 2.81 bits per heavy atom. The van der Waals surface area contributed by atoms with Gasteiger partial charge in [0.15, 0.2) is 0 Å². The largest absolute Gasteiger partial charge is 0.396 e. The first-order valence-electron chi connectivity index (χ1n) is 5.11. The number of hydrogen-bond acceptors (Lipinski definition) is 2. The minimum atomic E-state index is -0.271. The molecule has 0 aliphatic carbocycles. The lowest BCUT2D eigenvalue weighted by molar-refractivity contribution is 0.299. The molecule has 1 N–H and O–H groups in total. The molecule has 1 aromatic carbocycles. The molecule has 0 spiro atoms. The van der Waals surface area contributed by atoms with E-state index < -0.39 is 0 Å². The maximum absolute atomic E-state index is 13.0. The Morgan fingerprint density at radius 2 is 2.06 bits per heavy atom. The second-order valence-corrected chi connectivity index (χ2v) is 3.53. The normalized spacial score (nSPS) is 10.4. The first kappa shape index (κ1) is 10.8. The maximum atomic E-state index is 13.0. The van der Waals surface area contributed by atoms with Gasteiger partial charge >= 0.3 is 0 Å². The van der Waals surface area contributed by atoms with E-state index >= 15 is 0 Å². The zero-order valence-electron chi connectivity index (χ0n) is 8.73. The second-order valence-electron chi connectivity index (χ2n) is 3.53. The number of hydrogen-bond donors (Lipinski definition) is 1. The van der Waals surface area contributed by atoms with Gasteiger partial charge in [0.25, 0.3) is 0 Å². The van der Waals surface area contributed by atoms with Crippen LogP contribution in [0, 0.1) is 5.82 Å². The van der Waals surface area contributed by atoms with Crippen molar-refractivity contribution in [3.8, 4) is 11.3 Å². The molecule has 0 fully saturated rings. The van der Waals surface area contributed by atoms with Gasteiger partial charge in [0.1, 0.15) is 5.82 Å². The highest BCUT2D eigenvalue weighted by atomic mass is 19.1. The van der Waals surface area contributed by atoms with E-state index in [9.17, 15) is 4.39 Å². The number of nitrogens with zero attached hydrogens (tertiary/aromatic N) is 1. The molecule has 0 saturated heterocycles. The molecule has 0 aliphatic heterocycles. The van der Waals surface area contributed by atoms with Crippen molar-refractivity contribution in [3.63, 3.8) is 0 Å². The van der Waals surface area contributed by atoms with E-state index in [-0.39, 0.29) is 12.4 Å². The molecule has 0 saturated carbocycles. The van der Waals surface area contributed by atoms with E-state index in [1.165, 1.54) is 12.1 Å². The molecule has 1 heterocycles. The van der Waals surface area contributed by atoms with Gasteiger partial charge in [-0.1, -0.05) is 12.1 Å². The van der Waals surface area contributed by atoms with Gasteiger partial charge in [-0.2, -0.15) is 0 Å². The molecular weight excluding hydrogens is 205 g/mol. The van der Waals surface area contributed by atoms with Crippen LogP contribution in [0.4, 0.5) is 4.39 Å². The van der Waals surface area contributed by atoms with Crippen LogP contribution in [0.15, 0.2) is 42.6 Å². The number of aliphatic hydroxyl groups excluding tert-OH is 1. The second kappa shape index (κ2) is 4.86. The number of aliphatic hydroxyl groups is 1. The van der Waals surface area contributed by atoms with Gasteiger partial charge in [0.2, 0.25) is 0 Å². The van der Waals surface area contributed by atoms with Crippen LogP contribution in [0.3, 0.4) is 0 Å². The molecule has 0 atom stereocenters. The molecule has 0 amide bonds. The highest BCUT2D eigenvalue weighted by molar-refractivity contribution is 5.59. The minimum Gasteiger partial charge on any atom is -0.396 e. The van der Waals surface area contributed by atoms with Crippen LogP contribution in [0.1, 0.15) is 5.56 Å². The smallest absolute Gasteiger partial charge is 0.123 e. The van der Waals surface area contributed by atoms with Crippen LogP contribution in [0.25, 0.3) is 11.3 Å². The highest BCUT2D eigenvalue weighted by Crippen LogP contribution is 2.18. The van der Waals surface area contributed by atoms with E-state index in [0.717, 1.165) is 16.8 Å². The minimum absolute atomic E-state index is 0.104. The van der Waals surface area contributed by atoms with Gasteiger partial charge in [-0.25, -0.2) is 4.39 Å². The molecule has 3 heteroatoms. The van der Waals surface area contributed by atoms with Crippen molar-refractivity contribution < 1.29 is 9.50 Å². The van der Waals surface area contributed by atoms with Crippen LogP contribution in [-0.2, 0) is 6.42 Å². The summed E-state index contributed by atoms with van der Waals surface area (Å²) in [6, 6.07) is 10.0. The summed E-state index contributed by atoms with van der Waals surface area (Å²) in [6.45, 7) is 0.104. The molecule has 2 nitrogen and oxygen atoms in total. The third-order valence-electron chi connectivity index (χ3n) is 2.35. The third-order valence-corrected chi connectivity index (χ3v) is 2.35. The quantitative estimate of drug-likeness (QED) is 0.856. The summed E-state index contributed by atoms with van der Waals surface area (Å²) in [7, 11) is 0. The van der Waals surface area contributed by atoms with E-state index in [4.69, 9.17) is 5.11 Å². The predicted octanol–water partition coefficient (Wildman–Crippen LogP) is 2.42. The standard InChI is InChI=1S/C13H12FNO/c14-12-3-1-2-11(9-12)13-8-10(5-7-16)4-6-15-13/h1-4,6,8-9,16H,5,7H2. The fourth-order valence-corrected chi connectivity index (χ4v) is 1.56. The van der Waals surface area contributed by atoms with Crippen LogP contribution < -0.4 is 0 Å². The van der Waals surface area contributed by atoms with Gasteiger partial charge in [-0.05, 0) is 36.2 Å². The molecule has 1 aromatic heterocycles. The number of pyridine rings is 1. The summed E-state index contributed by atoms with van der Waals surface area (Å²) in [5, 5.41) is 8.84. The molecule has 2 aromatic rings. The summed E-state index contributed by atoms with van der Waals surface area (Å²) >= 11 is 0. The van der Waals surface area contributed by atoms with Crippen LogP contribution in [0.5, 0.6) is 0 Å². The van der Waals surface area contributed by atoms with Gasteiger partial charge in [0, 0.05) is 18.4 Å². The lowest BCUT2D eigenvalue weighted by Crippen LogP contribution is -1.92. The monoisotopic (exact) mass is 217 g/mol. The van der Waals surface area contributed by atoms with E-state index in [1.807, 2.05) is 18.2 Å². The van der Waals surface area contributed by atoms with E-state index in [1.54, 1.807) is 12.3 Å². The number of rotatable bonds is 3. The molecule has 82 valence electrons. The molecule has 0 aliphatic rings. The number of benzene rings is 1. The molecule has 16 heavy (non-hydrogen) atoms. The number of halogens is 1. The first-order valence-corrected chi connectivity index (χ1v) is 5.11. The van der Waals surface area contributed by atoms with Crippen molar-refractivity contribution >= 4 is 0 Å². The van der Waals surface area contributed by atoms with Crippen LogP contribution >= 0.6 is 0 Å². The van der Waals surface area contributed by atoms with Crippen molar-refractivity contribution in [2.24, 2.45) is 0 Å². The Bertz CT molecular complexity index is 485. The topological polar surface area (TPSA) is 33.1 Å². The highest BCUT2D eigenvalue weighted by Gasteiger charge is 2.01.